The molecule has 0 saturated carbocycles. The van der Waals surface area contributed by atoms with Gasteiger partial charge in [0.2, 0.25) is 0 Å². The van der Waals surface area contributed by atoms with Crippen molar-refractivity contribution in [3.8, 4) is 0 Å². The van der Waals surface area contributed by atoms with Gasteiger partial charge in [0.15, 0.2) is 9.84 Å². The Labute approximate surface area is 135 Å². The third kappa shape index (κ3) is 3.10. The molecule has 22 heavy (non-hydrogen) atoms. The topological polar surface area (TPSA) is 76.3 Å². The third-order valence-electron chi connectivity index (χ3n) is 4.16. The van der Waals surface area contributed by atoms with E-state index in [0.29, 0.717) is 20.8 Å². The molecule has 1 aromatic heterocycles. The lowest BCUT2D eigenvalue weighted by atomic mass is 10.0. The van der Waals surface area contributed by atoms with Gasteiger partial charge in [-0.1, -0.05) is 23.7 Å². The summed E-state index contributed by atoms with van der Waals surface area (Å²) >= 11 is 6.06. The van der Waals surface area contributed by atoms with Gasteiger partial charge in [-0.25, -0.2) is 18.4 Å². The highest BCUT2D eigenvalue weighted by molar-refractivity contribution is 7.91. The lowest BCUT2D eigenvalue weighted by Gasteiger charge is -2.28. The minimum atomic E-state index is -3.37. The smallest absolute Gasteiger partial charge is 0.179 e. The Balaban J connectivity index is 1.94. The fourth-order valence-corrected chi connectivity index (χ4v) is 5.09. The van der Waals surface area contributed by atoms with Gasteiger partial charge < -0.3 is 0 Å². The summed E-state index contributed by atoms with van der Waals surface area (Å²) in [5.74, 6) is 6.03. The van der Waals surface area contributed by atoms with Crippen LogP contribution < -0.4 is 5.84 Å². The number of hydrogen-bond acceptors (Lipinski definition) is 5. The van der Waals surface area contributed by atoms with E-state index in [4.69, 9.17) is 17.4 Å². The van der Waals surface area contributed by atoms with Crippen LogP contribution in [0.1, 0.15) is 12.8 Å². The molecule has 5 nitrogen and oxygen atoms in total. The highest BCUT2D eigenvalue weighted by Crippen LogP contribution is 2.29. The van der Waals surface area contributed by atoms with Crippen molar-refractivity contribution in [1.82, 2.24) is 9.99 Å². The van der Waals surface area contributed by atoms with Gasteiger partial charge in [-0.2, -0.15) is 0 Å². The van der Waals surface area contributed by atoms with Crippen molar-refractivity contribution in [3.05, 3.63) is 35.6 Å². The van der Waals surface area contributed by atoms with E-state index in [2.05, 4.69) is 4.98 Å². The molecule has 2 aromatic rings. The van der Waals surface area contributed by atoms with Crippen molar-refractivity contribution < 1.29 is 8.42 Å². The number of pyridine rings is 1. The molecule has 1 fully saturated rings. The van der Waals surface area contributed by atoms with Gasteiger partial charge in [-0.15, -0.1) is 0 Å². The molecule has 118 valence electrons. The molecule has 0 aliphatic carbocycles. The molecule has 1 aliphatic rings. The molecule has 0 amide bonds. The first-order chi connectivity index (χ1) is 10.5. The number of fused-ring (bicyclic) bond motifs is 1. The number of piperidine rings is 1. The first kappa shape index (κ1) is 15.7. The number of benzene rings is 1. The van der Waals surface area contributed by atoms with Gasteiger partial charge in [0.05, 0.1) is 10.6 Å². The van der Waals surface area contributed by atoms with Gasteiger partial charge in [-0.3, -0.25) is 5.84 Å². The van der Waals surface area contributed by atoms with Crippen LogP contribution in [-0.4, -0.2) is 37.3 Å². The maximum absolute atomic E-state index is 12.8. The number of nitrogens with zero attached hydrogens (tertiary/aromatic N) is 2. The zero-order valence-electron chi connectivity index (χ0n) is 12.1. The van der Waals surface area contributed by atoms with Crippen molar-refractivity contribution >= 4 is 32.2 Å². The Morgan fingerprint density at radius 3 is 2.68 bits per heavy atom. The number of aromatic nitrogens is 1. The molecular weight excluding hydrogens is 322 g/mol. The summed E-state index contributed by atoms with van der Waals surface area (Å²) in [7, 11) is -3.37. The molecule has 1 saturated heterocycles. The predicted octanol–water partition coefficient (Wildman–Crippen LogP) is 2.25. The number of halogens is 1. The van der Waals surface area contributed by atoms with Crippen molar-refractivity contribution in [3.63, 3.8) is 0 Å². The summed E-state index contributed by atoms with van der Waals surface area (Å²) in [5, 5.41) is 3.37. The molecule has 0 bridgehead atoms. The van der Waals surface area contributed by atoms with Crippen LogP contribution in [0.25, 0.3) is 10.8 Å². The van der Waals surface area contributed by atoms with Crippen LogP contribution in [0.4, 0.5) is 0 Å². The molecule has 1 aromatic carbocycles. The molecule has 2 N–H and O–H groups in total. The predicted molar refractivity (Wildman–Crippen MR) is 87.3 cm³/mol. The van der Waals surface area contributed by atoms with Crippen molar-refractivity contribution in [2.45, 2.75) is 17.7 Å². The van der Waals surface area contributed by atoms with Gasteiger partial charge in [0.1, 0.15) is 5.15 Å². The molecule has 1 aliphatic heterocycles. The van der Waals surface area contributed by atoms with E-state index in [1.54, 1.807) is 29.3 Å². The quantitative estimate of drug-likeness (QED) is 0.685. The van der Waals surface area contributed by atoms with Crippen LogP contribution in [0.3, 0.4) is 0 Å². The Hall–Kier alpha value is -1.21. The summed E-state index contributed by atoms with van der Waals surface area (Å²) in [5.41, 5.74) is 0. The number of rotatable bonds is 3. The Kier molecular flexibility index (Phi) is 4.36. The normalized spacial score (nSPS) is 17.9. The van der Waals surface area contributed by atoms with Crippen LogP contribution in [0, 0.1) is 5.92 Å². The average molecular weight is 340 g/mol. The molecule has 0 unspecified atom stereocenters. The summed E-state index contributed by atoms with van der Waals surface area (Å²) in [6.07, 6.45) is 3.15. The van der Waals surface area contributed by atoms with Crippen molar-refractivity contribution in [1.29, 1.82) is 0 Å². The summed E-state index contributed by atoms with van der Waals surface area (Å²) in [6.45, 7) is 1.48. The van der Waals surface area contributed by atoms with E-state index in [1.165, 1.54) is 6.20 Å². The largest absolute Gasteiger partial charge is 0.269 e. The minimum absolute atomic E-state index is 0.150. The first-order valence-corrected chi connectivity index (χ1v) is 9.26. The van der Waals surface area contributed by atoms with Crippen molar-refractivity contribution in [2.75, 3.05) is 18.8 Å². The second-order valence-electron chi connectivity index (χ2n) is 5.71. The highest BCUT2D eigenvalue weighted by Gasteiger charge is 2.26. The highest BCUT2D eigenvalue weighted by atomic mass is 35.5. The maximum Gasteiger partial charge on any atom is 0.179 e. The summed E-state index contributed by atoms with van der Waals surface area (Å²) < 4.78 is 25.6. The monoisotopic (exact) mass is 339 g/mol. The van der Waals surface area contributed by atoms with Crippen LogP contribution in [-0.2, 0) is 9.84 Å². The van der Waals surface area contributed by atoms with Gasteiger partial charge >= 0.3 is 0 Å². The van der Waals surface area contributed by atoms with Crippen LogP contribution in [0.5, 0.6) is 0 Å². The number of hydrazine groups is 1. The van der Waals surface area contributed by atoms with E-state index in [0.717, 1.165) is 25.9 Å². The zero-order chi connectivity index (χ0) is 15.7. The zero-order valence-corrected chi connectivity index (χ0v) is 13.6. The SMILES string of the molecule is NN1CCC(CS(=O)(=O)c2cccc3c(Cl)nccc23)CC1. The Bertz CT molecular complexity index is 786. The van der Waals surface area contributed by atoms with E-state index >= 15 is 0 Å². The fourth-order valence-electron chi connectivity index (χ4n) is 2.93. The Morgan fingerprint density at radius 1 is 1.23 bits per heavy atom. The lowest BCUT2D eigenvalue weighted by Crippen LogP contribution is -2.40. The summed E-state index contributed by atoms with van der Waals surface area (Å²) in [6, 6.07) is 6.85. The number of sulfone groups is 1. The number of nitrogens with two attached hydrogens (primary N) is 1. The molecule has 0 atom stereocenters. The van der Waals surface area contributed by atoms with E-state index in [-0.39, 0.29) is 11.7 Å². The second kappa shape index (κ2) is 6.12. The Morgan fingerprint density at radius 2 is 1.95 bits per heavy atom. The average Bonchev–Trinajstić information content (AvgIpc) is 2.49. The molecule has 3 rings (SSSR count). The van der Waals surface area contributed by atoms with Gasteiger partial charge in [0.25, 0.3) is 0 Å². The van der Waals surface area contributed by atoms with Crippen LogP contribution in [0.15, 0.2) is 35.4 Å². The number of hydrogen-bond donors (Lipinski definition) is 1. The first-order valence-electron chi connectivity index (χ1n) is 7.23. The third-order valence-corrected chi connectivity index (χ3v) is 6.39. The second-order valence-corrected chi connectivity index (χ2v) is 8.07. The minimum Gasteiger partial charge on any atom is -0.269 e. The van der Waals surface area contributed by atoms with E-state index in [1.807, 2.05) is 0 Å². The standard InChI is InChI=1S/C15H18ClN3O2S/c16-15-13-2-1-3-14(12(13)4-7-18-15)22(20,21)10-11-5-8-19(17)9-6-11/h1-4,7,11H,5-6,8-10,17H2. The van der Waals surface area contributed by atoms with Crippen LogP contribution >= 0.6 is 11.6 Å². The molecule has 2 heterocycles. The molecular formula is C15H18ClN3O2S. The summed E-state index contributed by atoms with van der Waals surface area (Å²) in [4.78, 5) is 4.34. The van der Waals surface area contributed by atoms with Gasteiger partial charge in [0, 0.05) is 30.1 Å². The lowest BCUT2D eigenvalue weighted by molar-refractivity contribution is 0.197. The molecule has 0 spiro atoms. The molecule has 0 radical (unpaired) electrons. The van der Waals surface area contributed by atoms with E-state index < -0.39 is 9.84 Å². The van der Waals surface area contributed by atoms with Crippen LogP contribution in [0.2, 0.25) is 5.15 Å². The van der Waals surface area contributed by atoms with Crippen molar-refractivity contribution in [2.24, 2.45) is 11.8 Å². The van der Waals surface area contributed by atoms with Gasteiger partial charge in [-0.05, 0) is 30.9 Å². The fraction of sp³-hybridized carbons (Fsp3) is 0.400. The van der Waals surface area contributed by atoms with E-state index in [9.17, 15) is 8.42 Å². The molecule has 7 heteroatoms. The maximum atomic E-state index is 12.8.